The van der Waals surface area contributed by atoms with Gasteiger partial charge >= 0.3 is 29.2 Å². The standard InChI is InChI=1S/C13H16F9NO4S/c1-4-5-8(2)9(24)27-7-6-23(3)28(25,26)13(21,22)11(16,17)10(14,15)12(18,19)20/h2,4-7H2,1,3H3. The number of hydrogen-bond donors (Lipinski definition) is 0. The minimum absolute atomic E-state index is 0.0744. The van der Waals surface area contributed by atoms with Crippen molar-refractivity contribution in [3.63, 3.8) is 0 Å². The first kappa shape index (κ1) is 26.5. The van der Waals surface area contributed by atoms with Crippen LogP contribution in [0.15, 0.2) is 12.2 Å². The highest BCUT2D eigenvalue weighted by atomic mass is 32.2. The number of rotatable bonds is 10. The molecule has 0 aliphatic heterocycles. The lowest BCUT2D eigenvalue weighted by Gasteiger charge is -2.34. The summed E-state index contributed by atoms with van der Waals surface area (Å²) in [4.78, 5) is 11.4. The summed E-state index contributed by atoms with van der Waals surface area (Å²) in [6, 6.07) is 0. The predicted octanol–water partition coefficient (Wildman–Crippen LogP) is 3.57. The van der Waals surface area contributed by atoms with Crippen LogP contribution in [-0.2, 0) is 19.6 Å². The van der Waals surface area contributed by atoms with Crippen molar-refractivity contribution in [2.75, 3.05) is 20.2 Å². The highest BCUT2D eigenvalue weighted by molar-refractivity contribution is 7.90. The third-order valence-corrected chi connectivity index (χ3v) is 5.24. The molecule has 0 aliphatic rings. The molecule has 0 saturated carbocycles. The summed E-state index contributed by atoms with van der Waals surface area (Å²) in [5.74, 6) is -15.7. The number of esters is 1. The van der Waals surface area contributed by atoms with Crippen LogP contribution >= 0.6 is 0 Å². The predicted molar refractivity (Wildman–Crippen MR) is 77.5 cm³/mol. The molecular weight excluding hydrogens is 437 g/mol. The van der Waals surface area contributed by atoms with E-state index >= 15 is 0 Å². The zero-order valence-corrected chi connectivity index (χ0v) is 15.2. The smallest absolute Gasteiger partial charge is 0.460 e. The minimum atomic E-state index is -7.35. The molecule has 15 heteroatoms. The van der Waals surface area contributed by atoms with Crippen molar-refractivity contribution in [1.82, 2.24) is 4.31 Å². The van der Waals surface area contributed by atoms with Gasteiger partial charge in [-0.2, -0.15) is 43.8 Å². The van der Waals surface area contributed by atoms with E-state index in [0.717, 1.165) is 0 Å². The first-order chi connectivity index (χ1) is 12.3. The number of halogens is 9. The number of nitrogens with zero attached hydrogens (tertiary/aromatic N) is 1. The van der Waals surface area contributed by atoms with Crippen LogP contribution in [0, 0.1) is 0 Å². The highest BCUT2D eigenvalue weighted by Crippen LogP contribution is 2.55. The van der Waals surface area contributed by atoms with Crippen molar-refractivity contribution in [3.8, 4) is 0 Å². The van der Waals surface area contributed by atoms with Crippen LogP contribution in [0.2, 0.25) is 0 Å². The second kappa shape index (κ2) is 8.47. The summed E-state index contributed by atoms with van der Waals surface area (Å²) in [6.07, 6.45) is -6.51. The van der Waals surface area contributed by atoms with Gasteiger partial charge in [0, 0.05) is 19.2 Å². The molecule has 0 heterocycles. The molecule has 0 atom stereocenters. The van der Waals surface area contributed by atoms with Gasteiger partial charge in [0.15, 0.2) is 0 Å². The van der Waals surface area contributed by atoms with Gasteiger partial charge in [-0.1, -0.05) is 19.9 Å². The molecule has 0 aromatic rings. The summed E-state index contributed by atoms with van der Waals surface area (Å²) >= 11 is 0. The Bertz CT molecular complexity index is 689. The Balaban J connectivity index is 5.45. The van der Waals surface area contributed by atoms with Crippen LogP contribution in [0.5, 0.6) is 0 Å². The second-order valence-corrected chi connectivity index (χ2v) is 7.57. The first-order valence-electron chi connectivity index (χ1n) is 7.30. The van der Waals surface area contributed by atoms with Crippen molar-refractivity contribution < 1.29 is 57.5 Å². The molecule has 0 aromatic carbocycles. The van der Waals surface area contributed by atoms with E-state index in [1.54, 1.807) is 6.92 Å². The quantitative estimate of drug-likeness (QED) is 0.288. The number of likely N-dealkylation sites (N-methyl/N-ethyl adjacent to an activating group) is 1. The Morgan fingerprint density at radius 1 is 1.00 bits per heavy atom. The third kappa shape index (κ3) is 4.72. The lowest BCUT2D eigenvalue weighted by Crippen LogP contribution is -2.65. The van der Waals surface area contributed by atoms with Crippen molar-refractivity contribution in [2.24, 2.45) is 0 Å². The Labute approximate surface area is 154 Å². The Morgan fingerprint density at radius 3 is 1.86 bits per heavy atom. The molecule has 28 heavy (non-hydrogen) atoms. The molecule has 0 bridgehead atoms. The minimum Gasteiger partial charge on any atom is -0.461 e. The van der Waals surface area contributed by atoms with Crippen LogP contribution in [0.3, 0.4) is 0 Å². The van der Waals surface area contributed by atoms with E-state index in [4.69, 9.17) is 0 Å². The molecule has 0 aromatic heterocycles. The van der Waals surface area contributed by atoms with E-state index in [0.29, 0.717) is 6.42 Å². The van der Waals surface area contributed by atoms with Gasteiger partial charge in [-0.25, -0.2) is 13.2 Å². The maximum atomic E-state index is 13.6. The number of hydrogen-bond acceptors (Lipinski definition) is 4. The molecule has 0 rings (SSSR count). The SMILES string of the molecule is C=C(CCC)C(=O)OCCN(C)S(=O)(=O)C(F)(F)C(F)(F)C(F)(F)C(F)(F)F. The average molecular weight is 453 g/mol. The largest absolute Gasteiger partial charge is 0.461 e. The fourth-order valence-corrected chi connectivity index (χ4v) is 2.77. The Hall–Kier alpha value is -1.51. The topological polar surface area (TPSA) is 63.7 Å². The van der Waals surface area contributed by atoms with Crippen LogP contribution in [0.4, 0.5) is 39.5 Å². The van der Waals surface area contributed by atoms with Gasteiger partial charge in [0.1, 0.15) is 6.61 Å². The summed E-state index contributed by atoms with van der Waals surface area (Å²) in [7, 11) is -6.50. The van der Waals surface area contributed by atoms with Gasteiger partial charge in [-0.3, -0.25) is 0 Å². The first-order valence-corrected chi connectivity index (χ1v) is 8.74. The van der Waals surface area contributed by atoms with E-state index in [9.17, 15) is 52.7 Å². The van der Waals surface area contributed by atoms with E-state index in [1.807, 2.05) is 0 Å². The lowest BCUT2D eigenvalue weighted by molar-refractivity contribution is -0.382. The van der Waals surface area contributed by atoms with E-state index in [1.165, 1.54) is 0 Å². The molecule has 5 nitrogen and oxygen atoms in total. The molecular formula is C13H16F9NO4S. The molecule has 0 unspecified atom stereocenters. The van der Waals surface area contributed by atoms with Gasteiger partial charge < -0.3 is 4.74 Å². The molecule has 0 fully saturated rings. The fraction of sp³-hybridized carbons (Fsp3) is 0.769. The van der Waals surface area contributed by atoms with E-state index < -0.39 is 56.7 Å². The average Bonchev–Trinajstić information content (AvgIpc) is 2.52. The monoisotopic (exact) mass is 453 g/mol. The van der Waals surface area contributed by atoms with Crippen molar-refractivity contribution in [2.45, 2.75) is 43.0 Å². The van der Waals surface area contributed by atoms with Crippen molar-refractivity contribution in [1.29, 1.82) is 0 Å². The molecule has 0 aliphatic carbocycles. The van der Waals surface area contributed by atoms with Crippen LogP contribution in [0.1, 0.15) is 19.8 Å². The van der Waals surface area contributed by atoms with Gasteiger partial charge in [-0.05, 0) is 6.42 Å². The number of sulfonamides is 1. The molecule has 166 valence electrons. The van der Waals surface area contributed by atoms with Crippen LogP contribution < -0.4 is 0 Å². The van der Waals surface area contributed by atoms with Gasteiger partial charge in [0.2, 0.25) is 0 Å². The van der Waals surface area contributed by atoms with Crippen molar-refractivity contribution in [3.05, 3.63) is 12.2 Å². The molecule has 0 amide bonds. The number of alkyl halides is 9. The van der Waals surface area contributed by atoms with Crippen LogP contribution in [0.25, 0.3) is 0 Å². The normalized spacial score (nSPS) is 14.3. The number of carbonyl (C=O) groups excluding carboxylic acids is 1. The van der Waals surface area contributed by atoms with E-state index in [2.05, 4.69) is 11.3 Å². The van der Waals surface area contributed by atoms with Gasteiger partial charge in [0.25, 0.3) is 10.0 Å². The molecule has 0 spiro atoms. The zero-order valence-electron chi connectivity index (χ0n) is 14.4. The maximum Gasteiger partial charge on any atom is 0.460 e. The highest BCUT2D eigenvalue weighted by Gasteiger charge is 2.85. The van der Waals surface area contributed by atoms with E-state index in [-0.39, 0.29) is 19.0 Å². The number of ether oxygens (including phenoxy) is 1. The lowest BCUT2D eigenvalue weighted by atomic mass is 10.1. The zero-order chi connectivity index (χ0) is 22.8. The number of carbonyl (C=O) groups is 1. The summed E-state index contributed by atoms with van der Waals surface area (Å²) in [5, 5.41) is -6.83. The Kier molecular flexibility index (Phi) is 8.01. The summed E-state index contributed by atoms with van der Waals surface area (Å²) in [5.41, 5.74) is -0.0744. The third-order valence-electron chi connectivity index (χ3n) is 3.33. The Morgan fingerprint density at radius 2 is 1.46 bits per heavy atom. The van der Waals surface area contributed by atoms with Gasteiger partial charge in [0.05, 0.1) is 0 Å². The van der Waals surface area contributed by atoms with Crippen LogP contribution in [-0.4, -0.2) is 62.2 Å². The fourth-order valence-electron chi connectivity index (χ4n) is 1.61. The summed E-state index contributed by atoms with van der Waals surface area (Å²) < 4.78 is 142. The summed E-state index contributed by atoms with van der Waals surface area (Å²) in [6.45, 7) is 2.76. The maximum absolute atomic E-state index is 13.6. The second-order valence-electron chi connectivity index (χ2n) is 5.48. The molecule has 0 N–H and O–H groups in total. The van der Waals surface area contributed by atoms with Crippen molar-refractivity contribution >= 4 is 16.0 Å². The molecule has 0 saturated heterocycles. The molecule has 0 radical (unpaired) electrons. The van der Waals surface area contributed by atoms with Gasteiger partial charge in [-0.15, -0.1) is 0 Å².